The van der Waals surface area contributed by atoms with Crippen LogP contribution in [0.1, 0.15) is 37.6 Å². The molecule has 2 nitrogen and oxygen atoms in total. The minimum Gasteiger partial charge on any atom is -0.313 e. The van der Waals surface area contributed by atoms with Gasteiger partial charge >= 0.3 is 0 Å². The second kappa shape index (κ2) is 5.47. The molecule has 1 aromatic heterocycles. The van der Waals surface area contributed by atoms with Crippen LogP contribution in [0.4, 0.5) is 0 Å². The van der Waals surface area contributed by atoms with Gasteiger partial charge in [0.05, 0.1) is 0 Å². The second-order valence-electron chi connectivity index (χ2n) is 3.05. The molecule has 78 valence electrons. The van der Waals surface area contributed by atoms with Gasteiger partial charge in [-0.25, -0.2) is 4.98 Å². The Balaban J connectivity index is 0.000000461. The van der Waals surface area contributed by atoms with Gasteiger partial charge in [0.1, 0.15) is 4.60 Å². The van der Waals surface area contributed by atoms with Gasteiger partial charge < -0.3 is 5.32 Å². The zero-order chi connectivity index (χ0) is 10.6. The molecule has 0 amide bonds. The quantitative estimate of drug-likeness (QED) is 0.782. The lowest BCUT2D eigenvalue weighted by Crippen LogP contribution is -2.12. The van der Waals surface area contributed by atoms with Crippen LogP contribution in [0.2, 0.25) is 0 Å². The molecular formula is C11H17BrN2. The summed E-state index contributed by atoms with van der Waals surface area (Å²) in [4.78, 5) is 4.43. The number of nitrogens with one attached hydrogen (secondary N) is 1. The van der Waals surface area contributed by atoms with E-state index >= 15 is 0 Å². The molecule has 1 atom stereocenters. The summed E-state index contributed by atoms with van der Waals surface area (Å²) in [7, 11) is 2.00. The van der Waals surface area contributed by atoms with Gasteiger partial charge in [0.15, 0.2) is 0 Å². The van der Waals surface area contributed by atoms with Gasteiger partial charge in [0.25, 0.3) is 0 Å². The molecule has 1 aliphatic carbocycles. The molecule has 0 bridgehead atoms. The van der Waals surface area contributed by atoms with Crippen molar-refractivity contribution in [3.05, 3.63) is 28.0 Å². The fraction of sp³-hybridized carbons (Fsp3) is 0.545. The molecule has 1 N–H and O–H groups in total. The van der Waals surface area contributed by atoms with E-state index in [0.29, 0.717) is 6.04 Å². The number of aromatic nitrogens is 1. The highest BCUT2D eigenvalue weighted by molar-refractivity contribution is 9.10. The van der Waals surface area contributed by atoms with E-state index in [1.165, 1.54) is 17.7 Å². The molecule has 0 saturated carbocycles. The van der Waals surface area contributed by atoms with E-state index in [1.807, 2.05) is 27.0 Å². The highest BCUT2D eigenvalue weighted by atomic mass is 79.9. The van der Waals surface area contributed by atoms with Crippen LogP contribution < -0.4 is 5.32 Å². The van der Waals surface area contributed by atoms with E-state index in [0.717, 1.165) is 11.0 Å². The van der Waals surface area contributed by atoms with Crippen molar-refractivity contribution < 1.29 is 0 Å². The first-order valence-corrected chi connectivity index (χ1v) is 5.93. The third kappa shape index (κ3) is 2.34. The summed E-state index contributed by atoms with van der Waals surface area (Å²) in [5, 5.41) is 3.28. The van der Waals surface area contributed by atoms with E-state index in [1.54, 1.807) is 0 Å². The van der Waals surface area contributed by atoms with E-state index < -0.39 is 0 Å². The van der Waals surface area contributed by atoms with Gasteiger partial charge in [-0.3, -0.25) is 0 Å². The topological polar surface area (TPSA) is 24.9 Å². The van der Waals surface area contributed by atoms with E-state index in [2.05, 4.69) is 32.3 Å². The lowest BCUT2D eigenvalue weighted by Gasteiger charge is -2.08. The van der Waals surface area contributed by atoms with E-state index in [9.17, 15) is 0 Å². The number of rotatable bonds is 1. The molecule has 1 heterocycles. The molecule has 2 rings (SSSR count). The molecule has 1 aliphatic rings. The van der Waals surface area contributed by atoms with Crippen LogP contribution in [0.15, 0.2) is 16.7 Å². The molecule has 3 heteroatoms. The van der Waals surface area contributed by atoms with Gasteiger partial charge in [0.2, 0.25) is 0 Å². The number of nitrogens with zero attached hydrogens (tertiary/aromatic N) is 1. The van der Waals surface area contributed by atoms with Gasteiger partial charge in [-0.2, -0.15) is 0 Å². The van der Waals surface area contributed by atoms with Crippen LogP contribution in [0, 0.1) is 0 Å². The Morgan fingerprint density at radius 1 is 1.43 bits per heavy atom. The number of hydrogen-bond donors (Lipinski definition) is 1. The Morgan fingerprint density at radius 2 is 2.14 bits per heavy atom. The monoisotopic (exact) mass is 256 g/mol. The Morgan fingerprint density at radius 3 is 2.79 bits per heavy atom. The van der Waals surface area contributed by atoms with Crippen molar-refractivity contribution in [2.24, 2.45) is 0 Å². The molecule has 1 unspecified atom stereocenters. The Kier molecular flexibility index (Phi) is 4.55. The second-order valence-corrected chi connectivity index (χ2v) is 3.86. The average Bonchev–Trinajstić information content (AvgIpc) is 2.62. The highest BCUT2D eigenvalue weighted by Gasteiger charge is 2.21. The Bertz CT molecular complexity index is 299. The summed E-state index contributed by atoms with van der Waals surface area (Å²) >= 11 is 3.38. The zero-order valence-electron chi connectivity index (χ0n) is 8.97. The zero-order valence-corrected chi connectivity index (χ0v) is 10.6. The molecule has 14 heavy (non-hydrogen) atoms. The first kappa shape index (κ1) is 11.7. The Hall–Kier alpha value is -0.410. The third-order valence-corrected chi connectivity index (χ3v) is 2.81. The summed E-state index contributed by atoms with van der Waals surface area (Å²) in [6.45, 7) is 4.00. The third-order valence-electron chi connectivity index (χ3n) is 2.37. The van der Waals surface area contributed by atoms with Crippen LogP contribution in [0.3, 0.4) is 0 Å². The fourth-order valence-corrected chi connectivity index (χ4v) is 2.09. The summed E-state index contributed by atoms with van der Waals surface area (Å²) in [5.74, 6) is 0. The standard InChI is InChI=1S/C9H11BrN2.C2H6/c1-11-7-3-4-8-6(7)2-5-9(10)12-8;1-2/h2,5,7,11H,3-4H2,1H3;1-2H3. The van der Waals surface area contributed by atoms with Gasteiger partial charge in [0, 0.05) is 11.7 Å². The summed E-state index contributed by atoms with van der Waals surface area (Å²) in [6.07, 6.45) is 2.27. The largest absolute Gasteiger partial charge is 0.313 e. The lowest BCUT2D eigenvalue weighted by molar-refractivity contribution is 0.590. The number of pyridine rings is 1. The Labute approximate surface area is 94.3 Å². The van der Waals surface area contributed by atoms with Crippen LogP contribution in [0.5, 0.6) is 0 Å². The molecule has 0 spiro atoms. The smallest absolute Gasteiger partial charge is 0.106 e. The number of aryl methyl sites for hydroxylation is 1. The van der Waals surface area contributed by atoms with Gasteiger partial charge in [-0.15, -0.1) is 0 Å². The van der Waals surface area contributed by atoms with Crippen molar-refractivity contribution in [2.75, 3.05) is 7.05 Å². The molecule has 0 radical (unpaired) electrons. The molecule has 0 saturated heterocycles. The van der Waals surface area contributed by atoms with Gasteiger partial charge in [-0.1, -0.05) is 19.9 Å². The number of fused-ring (bicyclic) bond motifs is 1. The van der Waals surface area contributed by atoms with Crippen LogP contribution in [-0.2, 0) is 6.42 Å². The maximum absolute atomic E-state index is 4.43. The van der Waals surface area contributed by atoms with Crippen LogP contribution in [0.25, 0.3) is 0 Å². The van der Waals surface area contributed by atoms with Crippen molar-refractivity contribution in [1.29, 1.82) is 0 Å². The van der Waals surface area contributed by atoms with Crippen molar-refractivity contribution in [1.82, 2.24) is 10.3 Å². The van der Waals surface area contributed by atoms with E-state index in [4.69, 9.17) is 0 Å². The minimum atomic E-state index is 0.514. The normalized spacial score (nSPS) is 18.4. The molecular weight excluding hydrogens is 240 g/mol. The SMILES string of the molecule is CC.CNC1CCc2nc(Br)ccc21. The van der Waals surface area contributed by atoms with Crippen molar-refractivity contribution in [3.8, 4) is 0 Å². The molecule has 0 aromatic carbocycles. The van der Waals surface area contributed by atoms with Crippen LogP contribution in [-0.4, -0.2) is 12.0 Å². The summed E-state index contributed by atoms with van der Waals surface area (Å²) in [5.41, 5.74) is 2.60. The first-order chi connectivity index (χ1) is 6.81. The summed E-state index contributed by atoms with van der Waals surface area (Å²) < 4.78 is 0.943. The van der Waals surface area contributed by atoms with E-state index in [-0.39, 0.29) is 0 Å². The van der Waals surface area contributed by atoms with Gasteiger partial charge in [-0.05, 0) is 47.4 Å². The van der Waals surface area contributed by atoms with Crippen molar-refractivity contribution in [3.63, 3.8) is 0 Å². The molecule has 1 aromatic rings. The number of halogens is 1. The lowest BCUT2D eigenvalue weighted by atomic mass is 10.1. The minimum absolute atomic E-state index is 0.514. The average molecular weight is 257 g/mol. The fourth-order valence-electron chi connectivity index (χ4n) is 1.74. The maximum Gasteiger partial charge on any atom is 0.106 e. The van der Waals surface area contributed by atoms with Crippen molar-refractivity contribution >= 4 is 15.9 Å². The predicted octanol–water partition coefficient (Wildman–Crippen LogP) is 3.08. The predicted molar refractivity (Wildman–Crippen MR) is 63.4 cm³/mol. The maximum atomic E-state index is 4.43. The molecule has 0 aliphatic heterocycles. The first-order valence-electron chi connectivity index (χ1n) is 5.14. The highest BCUT2D eigenvalue weighted by Crippen LogP contribution is 2.30. The van der Waals surface area contributed by atoms with Crippen LogP contribution >= 0.6 is 15.9 Å². The summed E-state index contributed by atoms with van der Waals surface area (Å²) in [6, 6.07) is 4.68. The molecule has 0 fully saturated rings. The number of hydrogen-bond acceptors (Lipinski definition) is 2. The van der Waals surface area contributed by atoms with Crippen molar-refractivity contribution in [2.45, 2.75) is 32.7 Å².